The lowest BCUT2D eigenvalue weighted by Gasteiger charge is -2.14. The van der Waals surface area contributed by atoms with Gasteiger partial charge in [-0.25, -0.2) is 0 Å². The van der Waals surface area contributed by atoms with Crippen molar-refractivity contribution in [1.82, 2.24) is 10.2 Å². The van der Waals surface area contributed by atoms with Crippen molar-refractivity contribution < 1.29 is 14.3 Å². The molecule has 0 aliphatic rings. The summed E-state index contributed by atoms with van der Waals surface area (Å²) in [5, 5.41) is 3.38. The third-order valence-electron chi connectivity index (χ3n) is 2.96. The number of nitrogens with one attached hydrogen (secondary N) is 1. The van der Waals surface area contributed by atoms with Crippen molar-refractivity contribution in [3.05, 3.63) is 23.8 Å². The third kappa shape index (κ3) is 6.04. The van der Waals surface area contributed by atoms with Crippen LogP contribution in [0.5, 0.6) is 11.5 Å². The number of carbonyl (C=O) groups is 1. The van der Waals surface area contributed by atoms with E-state index in [1.54, 1.807) is 21.2 Å². The highest BCUT2D eigenvalue weighted by Crippen LogP contribution is 2.28. The van der Waals surface area contributed by atoms with Crippen LogP contribution in [-0.2, 0) is 11.3 Å². The Hall–Kier alpha value is -1.75. The minimum atomic E-state index is -0.0836. The van der Waals surface area contributed by atoms with Gasteiger partial charge in [0.1, 0.15) is 0 Å². The minimum Gasteiger partial charge on any atom is -0.493 e. The Bertz CT molecular complexity index is 459. The predicted octanol–water partition coefficient (Wildman–Crippen LogP) is 1.91. The quantitative estimate of drug-likeness (QED) is 0.796. The number of methoxy groups -OCH3 is 1. The van der Waals surface area contributed by atoms with Crippen LogP contribution in [0.4, 0.5) is 0 Å². The molecule has 0 saturated heterocycles. The number of benzene rings is 1. The lowest BCUT2D eigenvalue weighted by atomic mass is 10.2. The molecule has 0 aliphatic carbocycles. The molecule has 5 nitrogen and oxygen atoms in total. The van der Waals surface area contributed by atoms with Crippen LogP contribution in [0.15, 0.2) is 18.2 Å². The summed E-state index contributed by atoms with van der Waals surface area (Å²) in [5.74, 6) is 1.76. The summed E-state index contributed by atoms with van der Waals surface area (Å²) in [7, 11) is 5.00. The van der Waals surface area contributed by atoms with Crippen molar-refractivity contribution >= 4 is 5.91 Å². The Morgan fingerprint density at radius 1 is 1.29 bits per heavy atom. The van der Waals surface area contributed by atoms with Gasteiger partial charge in [-0.05, 0) is 30.2 Å². The highest BCUT2D eigenvalue weighted by atomic mass is 16.5. The van der Waals surface area contributed by atoms with E-state index in [2.05, 4.69) is 19.2 Å². The molecular formula is C16H26N2O3. The fraction of sp³-hybridized carbons (Fsp3) is 0.562. The van der Waals surface area contributed by atoms with E-state index in [1.165, 1.54) is 4.90 Å². The molecule has 1 rings (SSSR count). The number of amides is 1. The molecule has 1 aromatic carbocycles. The van der Waals surface area contributed by atoms with Gasteiger partial charge in [-0.3, -0.25) is 4.79 Å². The van der Waals surface area contributed by atoms with Crippen LogP contribution >= 0.6 is 0 Å². The fourth-order valence-corrected chi connectivity index (χ4v) is 1.71. The van der Waals surface area contributed by atoms with Crippen molar-refractivity contribution in [3.63, 3.8) is 0 Å². The van der Waals surface area contributed by atoms with E-state index in [4.69, 9.17) is 9.47 Å². The fourth-order valence-electron chi connectivity index (χ4n) is 1.71. The van der Waals surface area contributed by atoms with Crippen LogP contribution in [0.2, 0.25) is 0 Å². The summed E-state index contributed by atoms with van der Waals surface area (Å²) < 4.78 is 10.8. The van der Waals surface area contributed by atoms with Crippen molar-refractivity contribution in [3.8, 4) is 11.5 Å². The molecule has 0 unspecified atom stereocenters. The average Bonchev–Trinajstić information content (AvgIpc) is 2.44. The Balaban J connectivity index is 2.63. The standard InChI is InChI=1S/C16H26N2O3/c1-12(2)9-17-10-13-6-7-14(15(8-13)20-5)21-11-16(19)18(3)4/h6-8,12,17H,9-11H2,1-5H3. The van der Waals surface area contributed by atoms with Gasteiger partial charge in [0.15, 0.2) is 18.1 Å². The van der Waals surface area contributed by atoms with E-state index >= 15 is 0 Å². The summed E-state index contributed by atoms with van der Waals surface area (Å²) in [6, 6.07) is 5.75. The molecule has 0 spiro atoms. The number of nitrogens with zero attached hydrogens (tertiary/aromatic N) is 1. The van der Waals surface area contributed by atoms with E-state index in [9.17, 15) is 4.79 Å². The van der Waals surface area contributed by atoms with Crippen molar-refractivity contribution in [2.75, 3.05) is 34.4 Å². The molecular weight excluding hydrogens is 268 g/mol. The Kier molecular flexibility index (Phi) is 7.02. The van der Waals surface area contributed by atoms with Crippen molar-refractivity contribution in [1.29, 1.82) is 0 Å². The zero-order valence-electron chi connectivity index (χ0n) is 13.6. The molecule has 1 amide bonds. The molecule has 1 aromatic rings. The van der Waals surface area contributed by atoms with E-state index in [0.717, 1.165) is 18.7 Å². The van der Waals surface area contributed by atoms with Crippen molar-refractivity contribution in [2.24, 2.45) is 5.92 Å². The Labute approximate surface area is 127 Å². The molecule has 118 valence electrons. The van der Waals surface area contributed by atoms with Gasteiger partial charge >= 0.3 is 0 Å². The SMILES string of the molecule is COc1cc(CNCC(C)C)ccc1OCC(=O)N(C)C. The largest absolute Gasteiger partial charge is 0.493 e. The molecule has 0 atom stereocenters. The number of likely N-dealkylation sites (N-methyl/N-ethyl adjacent to an activating group) is 1. The number of carbonyl (C=O) groups excluding carboxylic acids is 1. The molecule has 0 bridgehead atoms. The van der Waals surface area contributed by atoms with Crippen LogP contribution in [0.1, 0.15) is 19.4 Å². The maximum absolute atomic E-state index is 11.5. The van der Waals surface area contributed by atoms with E-state index in [0.29, 0.717) is 17.4 Å². The zero-order valence-corrected chi connectivity index (χ0v) is 13.6. The van der Waals surface area contributed by atoms with Gasteiger partial charge in [0.2, 0.25) is 0 Å². The van der Waals surface area contributed by atoms with Gasteiger partial charge in [-0.15, -0.1) is 0 Å². The Morgan fingerprint density at radius 3 is 2.57 bits per heavy atom. The molecule has 0 aromatic heterocycles. The average molecular weight is 294 g/mol. The molecule has 21 heavy (non-hydrogen) atoms. The van der Waals surface area contributed by atoms with Gasteiger partial charge < -0.3 is 19.7 Å². The normalized spacial score (nSPS) is 10.6. The van der Waals surface area contributed by atoms with E-state index < -0.39 is 0 Å². The maximum atomic E-state index is 11.5. The third-order valence-corrected chi connectivity index (χ3v) is 2.96. The van der Waals surface area contributed by atoms with E-state index in [-0.39, 0.29) is 12.5 Å². The number of rotatable bonds is 8. The van der Waals surface area contributed by atoms with Crippen LogP contribution < -0.4 is 14.8 Å². The summed E-state index contributed by atoms with van der Waals surface area (Å²) in [6.45, 7) is 6.11. The molecule has 1 N–H and O–H groups in total. The van der Waals surface area contributed by atoms with Gasteiger partial charge in [0.25, 0.3) is 5.91 Å². The van der Waals surface area contributed by atoms with Gasteiger partial charge in [0.05, 0.1) is 7.11 Å². The first-order valence-electron chi connectivity index (χ1n) is 7.14. The molecule has 5 heteroatoms. The second-order valence-electron chi connectivity index (χ2n) is 5.59. The second-order valence-corrected chi connectivity index (χ2v) is 5.59. The van der Waals surface area contributed by atoms with Crippen LogP contribution in [0.3, 0.4) is 0 Å². The highest BCUT2D eigenvalue weighted by molar-refractivity contribution is 5.77. The van der Waals surface area contributed by atoms with Gasteiger partial charge in [-0.2, -0.15) is 0 Å². The predicted molar refractivity (Wildman–Crippen MR) is 83.7 cm³/mol. The lowest BCUT2D eigenvalue weighted by molar-refractivity contribution is -0.130. The van der Waals surface area contributed by atoms with Crippen LogP contribution in [-0.4, -0.2) is 45.2 Å². The summed E-state index contributed by atoms with van der Waals surface area (Å²) in [5.41, 5.74) is 1.12. The number of ether oxygens (including phenoxy) is 2. The Morgan fingerprint density at radius 2 is 2.00 bits per heavy atom. The summed E-state index contributed by atoms with van der Waals surface area (Å²) in [4.78, 5) is 13.0. The monoisotopic (exact) mass is 294 g/mol. The molecule has 0 radical (unpaired) electrons. The van der Waals surface area contributed by atoms with Crippen molar-refractivity contribution in [2.45, 2.75) is 20.4 Å². The molecule has 0 aliphatic heterocycles. The smallest absolute Gasteiger partial charge is 0.259 e. The first-order valence-corrected chi connectivity index (χ1v) is 7.14. The zero-order chi connectivity index (χ0) is 15.8. The first kappa shape index (κ1) is 17.3. The van der Waals surface area contributed by atoms with Crippen LogP contribution in [0, 0.1) is 5.92 Å². The van der Waals surface area contributed by atoms with Gasteiger partial charge in [0, 0.05) is 20.6 Å². The topological polar surface area (TPSA) is 50.8 Å². The number of hydrogen-bond acceptors (Lipinski definition) is 4. The molecule has 0 heterocycles. The van der Waals surface area contributed by atoms with Crippen LogP contribution in [0.25, 0.3) is 0 Å². The lowest BCUT2D eigenvalue weighted by Crippen LogP contribution is -2.27. The summed E-state index contributed by atoms with van der Waals surface area (Å²) in [6.07, 6.45) is 0. The highest BCUT2D eigenvalue weighted by Gasteiger charge is 2.09. The van der Waals surface area contributed by atoms with E-state index in [1.807, 2.05) is 18.2 Å². The summed E-state index contributed by atoms with van der Waals surface area (Å²) >= 11 is 0. The minimum absolute atomic E-state index is 0.00824. The second kappa shape index (κ2) is 8.52. The number of hydrogen-bond donors (Lipinski definition) is 1. The molecule has 0 saturated carbocycles. The maximum Gasteiger partial charge on any atom is 0.259 e. The van der Waals surface area contributed by atoms with Gasteiger partial charge in [-0.1, -0.05) is 19.9 Å². The first-order chi connectivity index (χ1) is 9.93. The molecule has 0 fully saturated rings.